The molecule has 0 aromatic heterocycles. The average Bonchev–Trinajstić information content (AvgIpc) is 2.83. The second kappa shape index (κ2) is 26.7. The highest BCUT2D eigenvalue weighted by atomic mass is 19.1. The first kappa shape index (κ1) is 33.1. The second-order valence-corrected chi connectivity index (χ2v) is 10.4. The van der Waals surface area contributed by atoms with Crippen molar-refractivity contribution in [2.24, 2.45) is 0 Å². The van der Waals surface area contributed by atoms with E-state index in [9.17, 15) is 9.18 Å². The molecule has 1 unspecified atom stereocenters. The van der Waals surface area contributed by atoms with Gasteiger partial charge in [-0.25, -0.2) is 9.18 Å². The molecule has 3 heteroatoms. The van der Waals surface area contributed by atoms with E-state index in [1.54, 1.807) is 6.92 Å². The first-order valence-corrected chi connectivity index (χ1v) is 15.1. The highest BCUT2D eigenvalue weighted by molar-refractivity contribution is 5.87. The summed E-state index contributed by atoms with van der Waals surface area (Å²) in [6, 6.07) is 0. The minimum absolute atomic E-state index is 0.325. The summed E-state index contributed by atoms with van der Waals surface area (Å²) in [5.41, 5.74) is 0.549. The van der Waals surface area contributed by atoms with E-state index in [4.69, 9.17) is 4.74 Å². The van der Waals surface area contributed by atoms with E-state index in [-0.39, 0.29) is 0 Å². The van der Waals surface area contributed by atoms with E-state index in [1.165, 1.54) is 116 Å². The molecule has 0 amide bonds. The minimum atomic E-state index is -1.46. The SMILES string of the molecule is CCCCCCCCCCCCCCCCC/C=C(\C)C(=O)OC(F)CCCCCCCCC. The van der Waals surface area contributed by atoms with E-state index in [0.717, 1.165) is 32.1 Å². The summed E-state index contributed by atoms with van der Waals surface area (Å²) in [5.74, 6) is -0.489. The highest BCUT2D eigenvalue weighted by Gasteiger charge is 2.13. The molecule has 1 atom stereocenters. The molecule has 0 rings (SSSR count). The summed E-state index contributed by atoms with van der Waals surface area (Å²) >= 11 is 0. The molecule has 0 radical (unpaired) electrons. The molecule has 0 heterocycles. The van der Waals surface area contributed by atoms with Crippen LogP contribution < -0.4 is 0 Å². The van der Waals surface area contributed by atoms with Gasteiger partial charge in [0, 0.05) is 12.0 Å². The van der Waals surface area contributed by atoms with Crippen LogP contribution in [-0.4, -0.2) is 12.3 Å². The van der Waals surface area contributed by atoms with Crippen molar-refractivity contribution >= 4 is 5.97 Å². The zero-order chi connectivity index (χ0) is 25.1. The summed E-state index contributed by atoms with van der Waals surface area (Å²) in [6.45, 7) is 6.23. The molecule has 0 aromatic rings. The van der Waals surface area contributed by atoms with E-state index in [2.05, 4.69) is 13.8 Å². The van der Waals surface area contributed by atoms with Gasteiger partial charge in [0.1, 0.15) is 0 Å². The summed E-state index contributed by atoms with van der Waals surface area (Å²) in [5, 5.41) is 0. The van der Waals surface area contributed by atoms with Crippen molar-refractivity contribution in [1.82, 2.24) is 0 Å². The number of esters is 1. The zero-order valence-corrected chi connectivity index (χ0v) is 23.3. The van der Waals surface area contributed by atoms with Gasteiger partial charge in [-0.1, -0.05) is 148 Å². The Bertz CT molecular complexity index is 460. The lowest BCUT2D eigenvalue weighted by molar-refractivity contribution is -0.153. The molecule has 2 nitrogen and oxygen atoms in total. The first-order valence-electron chi connectivity index (χ1n) is 15.1. The Morgan fingerprint density at radius 2 is 0.971 bits per heavy atom. The third-order valence-electron chi connectivity index (χ3n) is 6.85. The smallest absolute Gasteiger partial charge is 0.335 e. The van der Waals surface area contributed by atoms with Gasteiger partial charge in [-0.05, 0) is 26.2 Å². The van der Waals surface area contributed by atoms with Crippen molar-refractivity contribution in [3.63, 3.8) is 0 Å². The zero-order valence-electron chi connectivity index (χ0n) is 23.3. The minimum Gasteiger partial charge on any atom is -0.428 e. The average molecular weight is 483 g/mol. The lowest BCUT2D eigenvalue weighted by Crippen LogP contribution is -2.14. The van der Waals surface area contributed by atoms with Crippen LogP contribution in [0, 0.1) is 0 Å². The Balaban J connectivity index is 3.49. The van der Waals surface area contributed by atoms with E-state index in [0.29, 0.717) is 12.0 Å². The quantitative estimate of drug-likeness (QED) is 0.0696. The van der Waals surface area contributed by atoms with Gasteiger partial charge in [0.25, 0.3) is 0 Å². The Morgan fingerprint density at radius 3 is 1.38 bits per heavy atom. The number of hydrogen-bond donors (Lipinski definition) is 0. The number of unbranched alkanes of at least 4 members (excludes halogenated alkanes) is 21. The topological polar surface area (TPSA) is 26.3 Å². The van der Waals surface area contributed by atoms with Crippen molar-refractivity contribution in [1.29, 1.82) is 0 Å². The number of carbonyl (C=O) groups excluding carboxylic acids is 1. The fourth-order valence-electron chi connectivity index (χ4n) is 4.45. The molecule has 0 N–H and O–H groups in total. The van der Waals surface area contributed by atoms with E-state index < -0.39 is 12.3 Å². The fraction of sp³-hybridized carbons (Fsp3) is 0.903. The Labute approximate surface area is 212 Å². The molecule has 0 bridgehead atoms. The number of carbonyl (C=O) groups is 1. The Morgan fingerprint density at radius 1 is 0.618 bits per heavy atom. The second-order valence-electron chi connectivity index (χ2n) is 10.4. The molecule has 0 aliphatic heterocycles. The van der Waals surface area contributed by atoms with E-state index in [1.807, 2.05) is 6.08 Å². The van der Waals surface area contributed by atoms with Crippen molar-refractivity contribution in [3.8, 4) is 0 Å². The summed E-state index contributed by atoms with van der Waals surface area (Å²) in [6.07, 6.45) is 30.0. The Kier molecular flexibility index (Phi) is 26.1. The standard InChI is InChI=1S/C31H59FO2/c1-4-6-8-10-12-13-14-15-16-17-18-19-20-22-23-25-27-29(3)31(33)34-30(32)28-26-24-21-11-9-7-5-2/h27,30H,4-26,28H2,1-3H3/b29-27+. The maximum Gasteiger partial charge on any atom is 0.335 e. The number of hydrogen-bond acceptors (Lipinski definition) is 2. The number of halogens is 1. The van der Waals surface area contributed by atoms with Gasteiger partial charge in [-0.3, -0.25) is 0 Å². The predicted molar refractivity (Wildman–Crippen MR) is 147 cm³/mol. The van der Waals surface area contributed by atoms with Gasteiger partial charge in [0.2, 0.25) is 6.36 Å². The summed E-state index contributed by atoms with van der Waals surface area (Å²) in [7, 11) is 0. The van der Waals surface area contributed by atoms with Crippen molar-refractivity contribution in [2.45, 2.75) is 181 Å². The molecule has 0 saturated heterocycles. The molecular formula is C31H59FO2. The fourth-order valence-corrected chi connectivity index (χ4v) is 4.45. The number of allylic oxidation sites excluding steroid dienone is 1. The maximum absolute atomic E-state index is 13.9. The third-order valence-corrected chi connectivity index (χ3v) is 6.85. The number of rotatable bonds is 26. The van der Waals surface area contributed by atoms with Crippen LogP contribution in [0.3, 0.4) is 0 Å². The monoisotopic (exact) mass is 482 g/mol. The van der Waals surface area contributed by atoms with Crippen molar-refractivity contribution in [2.75, 3.05) is 0 Å². The van der Waals surface area contributed by atoms with Crippen LogP contribution in [0.15, 0.2) is 11.6 Å². The lowest BCUT2D eigenvalue weighted by atomic mass is 10.0. The summed E-state index contributed by atoms with van der Waals surface area (Å²) < 4.78 is 18.9. The van der Waals surface area contributed by atoms with Crippen LogP contribution in [0.25, 0.3) is 0 Å². The van der Waals surface area contributed by atoms with Gasteiger partial charge in [-0.2, -0.15) is 0 Å². The van der Waals surface area contributed by atoms with Crippen LogP contribution in [0.4, 0.5) is 4.39 Å². The van der Waals surface area contributed by atoms with Crippen molar-refractivity contribution in [3.05, 3.63) is 11.6 Å². The highest BCUT2D eigenvalue weighted by Crippen LogP contribution is 2.15. The van der Waals surface area contributed by atoms with Gasteiger partial charge >= 0.3 is 5.97 Å². The van der Waals surface area contributed by atoms with Crippen LogP contribution >= 0.6 is 0 Å². The van der Waals surface area contributed by atoms with Gasteiger partial charge in [-0.15, -0.1) is 0 Å². The molecule has 0 aromatic carbocycles. The van der Waals surface area contributed by atoms with Crippen LogP contribution in [-0.2, 0) is 9.53 Å². The molecule has 202 valence electrons. The third kappa shape index (κ3) is 24.3. The van der Waals surface area contributed by atoms with Crippen LogP contribution in [0.5, 0.6) is 0 Å². The molecule has 0 aliphatic carbocycles. The van der Waals surface area contributed by atoms with Gasteiger partial charge in [0.05, 0.1) is 0 Å². The lowest BCUT2D eigenvalue weighted by Gasteiger charge is -2.10. The van der Waals surface area contributed by atoms with Crippen LogP contribution in [0.1, 0.15) is 175 Å². The first-order chi connectivity index (χ1) is 16.6. The largest absolute Gasteiger partial charge is 0.428 e. The molecule has 0 aliphatic rings. The summed E-state index contributed by atoms with van der Waals surface area (Å²) in [4.78, 5) is 12.0. The molecule has 34 heavy (non-hydrogen) atoms. The maximum atomic E-state index is 13.9. The number of ether oxygens (including phenoxy) is 1. The van der Waals surface area contributed by atoms with E-state index >= 15 is 0 Å². The van der Waals surface area contributed by atoms with Crippen molar-refractivity contribution < 1.29 is 13.9 Å². The molecule has 0 spiro atoms. The molecule has 0 fully saturated rings. The van der Waals surface area contributed by atoms with Gasteiger partial charge < -0.3 is 4.74 Å². The molecule has 0 saturated carbocycles. The Hall–Kier alpha value is -0.860. The predicted octanol–water partition coefficient (Wildman–Crippen LogP) is 11.2. The van der Waals surface area contributed by atoms with Gasteiger partial charge in [0.15, 0.2) is 0 Å². The normalized spacial score (nSPS) is 12.8. The number of alkyl halides is 1. The molecular weight excluding hydrogens is 423 g/mol. The van der Waals surface area contributed by atoms with Crippen LogP contribution in [0.2, 0.25) is 0 Å².